The van der Waals surface area contributed by atoms with Crippen molar-refractivity contribution in [2.24, 2.45) is 5.11 Å². The molecule has 0 saturated carbocycles. The van der Waals surface area contributed by atoms with Crippen LogP contribution in [0.4, 0.5) is 23.4 Å². The van der Waals surface area contributed by atoms with E-state index >= 15 is 0 Å². The summed E-state index contributed by atoms with van der Waals surface area (Å²) in [5.41, 5.74) is 7.42. The van der Waals surface area contributed by atoms with Crippen LogP contribution in [0.15, 0.2) is 47.0 Å². The van der Waals surface area contributed by atoms with E-state index in [4.69, 9.17) is 17.1 Å². The zero-order valence-corrected chi connectivity index (χ0v) is 17.3. The highest BCUT2D eigenvalue weighted by molar-refractivity contribution is 6.31. The SMILES string of the molecule is Cc1cc(NC2=C(N=N)[C@H](C)N(C(=O)c3cc(Cl)cc(C(F)(F)F)c3)CC2)ncc1F. The molecule has 1 aliphatic heterocycles. The van der Waals surface area contributed by atoms with Crippen LogP contribution in [0, 0.1) is 18.3 Å². The van der Waals surface area contributed by atoms with E-state index in [-0.39, 0.29) is 29.2 Å². The number of halogens is 5. The highest BCUT2D eigenvalue weighted by atomic mass is 35.5. The second-order valence-electron chi connectivity index (χ2n) is 7.07. The molecule has 11 heteroatoms. The van der Waals surface area contributed by atoms with E-state index in [0.717, 1.165) is 18.3 Å². The molecule has 1 aliphatic rings. The fraction of sp³-hybridized carbons (Fsp3) is 0.300. The number of hydrogen-bond donors (Lipinski definition) is 2. The maximum Gasteiger partial charge on any atom is 0.416 e. The molecular weight excluding hydrogens is 438 g/mol. The molecule has 31 heavy (non-hydrogen) atoms. The average molecular weight is 456 g/mol. The highest BCUT2D eigenvalue weighted by Gasteiger charge is 2.34. The molecule has 2 N–H and O–H groups in total. The Morgan fingerprint density at radius 2 is 2.03 bits per heavy atom. The lowest BCUT2D eigenvalue weighted by atomic mass is 10.0. The van der Waals surface area contributed by atoms with Gasteiger partial charge in [-0.3, -0.25) is 4.79 Å². The summed E-state index contributed by atoms with van der Waals surface area (Å²) in [5.74, 6) is -0.762. The van der Waals surface area contributed by atoms with Crippen molar-refractivity contribution in [3.8, 4) is 0 Å². The maximum atomic E-state index is 13.4. The molecule has 1 aromatic carbocycles. The van der Waals surface area contributed by atoms with Gasteiger partial charge in [0.2, 0.25) is 0 Å². The second-order valence-corrected chi connectivity index (χ2v) is 7.51. The monoisotopic (exact) mass is 455 g/mol. The van der Waals surface area contributed by atoms with Gasteiger partial charge in [-0.1, -0.05) is 11.6 Å². The molecule has 6 nitrogen and oxygen atoms in total. The first-order valence-electron chi connectivity index (χ1n) is 9.19. The Morgan fingerprint density at radius 1 is 1.32 bits per heavy atom. The Morgan fingerprint density at radius 3 is 2.65 bits per heavy atom. The first-order chi connectivity index (χ1) is 14.5. The molecule has 2 heterocycles. The molecule has 1 aromatic heterocycles. The topological polar surface area (TPSA) is 81.4 Å². The van der Waals surface area contributed by atoms with E-state index in [2.05, 4.69) is 15.4 Å². The van der Waals surface area contributed by atoms with Gasteiger partial charge in [-0.15, -0.1) is 0 Å². The third kappa shape index (κ3) is 4.84. The number of benzene rings is 1. The Balaban J connectivity index is 1.89. The number of aromatic nitrogens is 1. The lowest BCUT2D eigenvalue weighted by molar-refractivity contribution is -0.137. The standard InChI is InChI=1S/C20H18ClF4N5O/c1-10-5-17(27-9-15(10)22)28-16-3-4-30(11(2)18(16)29-26)19(31)12-6-13(20(23,24)25)8-14(21)7-12/h5-9,11,26H,3-4H2,1-2H3,(H,27,28)/t11-/m0/s1. The summed E-state index contributed by atoms with van der Waals surface area (Å²) >= 11 is 5.80. The Hall–Kier alpha value is -3.01. The van der Waals surface area contributed by atoms with Crippen molar-refractivity contribution < 1.29 is 22.4 Å². The predicted octanol–water partition coefficient (Wildman–Crippen LogP) is 5.79. The molecule has 2 aromatic rings. The molecule has 0 aliphatic carbocycles. The molecule has 3 rings (SSSR count). The number of carbonyl (C=O) groups is 1. The van der Waals surface area contributed by atoms with Crippen molar-refractivity contribution >= 4 is 23.3 Å². The van der Waals surface area contributed by atoms with Crippen molar-refractivity contribution in [3.63, 3.8) is 0 Å². The Bertz CT molecular complexity index is 1070. The number of alkyl halides is 3. The quantitative estimate of drug-likeness (QED) is 0.452. The lowest BCUT2D eigenvalue weighted by Gasteiger charge is -2.35. The van der Waals surface area contributed by atoms with Gasteiger partial charge in [0.25, 0.3) is 5.91 Å². The van der Waals surface area contributed by atoms with Crippen molar-refractivity contribution in [1.29, 1.82) is 5.53 Å². The Labute approximate surface area is 180 Å². The third-order valence-corrected chi connectivity index (χ3v) is 5.17. The van der Waals surface area contributed by atoms with Gasteiger partial charge in [-0.25, -0.2) is 14.9 Å². The molecule has 1 amide bonds. The summed E-state index contributed by atoms with van der Waals surface area (Å²) in [7, 11) is 0. The molecule has 0 unspecified atom stereocenters. The fourth-order valence-corrected chi connectivity index (χ4v) is 3.56. The number of amides is 1. The van der Waals surface area contributed by atoms with E-state index < -0.39 is 29.5 Å². The van der Waals surface area contributed by atoms with Crippen LogP contribution in [0.2, 0.25) is 5.02 Å². The molecule has 0 radical (unpaired) electrons. The van der Waals surface area contributed by atoms with Crippen molar-refractivity contribution in [3.05, 3.63) is 69.4 Å². The number of nitrogens with zero attached hydrogens (tertiary/aromatic N) is 3. The molecule has 0 fully saturated rings. The lowest BCUT2D eigenvalue weighted by Crippen LogP contribution is -2.44. The van der Waals surface area contributed by atoms with Gasteiger partial charge in [0.1, 0.15) is 17.3 Å². The first-order valence-corrected chi connectivity index (χ1v) is 9.57. The molecule has 0 saturated heterocycles. The van der Waals surface area contributed by atoms with Crippen LogP contribution in [0.5, 0.6) is 0 Å². The fourth-order valence-electron chi connectivity index (χ4n) is 3.32. The van der Waals surface area contributed by atoms with Crippen molar-refractivity contribution in [1.82, 2.24) is 9.88 Å². The number of aryl methyl sites for hydroxylation is 1. The van der Waals surface area contributed by atoms with Crippen LogP contribution >= 0.6 is 11.6 Å². The van der Waals surface area contributed by atoms with Crippen LogP contribution in [0.25, 0.3) is 0 Å². The van der Waals surface area contributed by atoms with Crippen LogP contribution in [-0.2, 0) is 6.18 Å². The van der Waals surface area contributed by atoms with E-state index in [1.807, 2.05) is 0 Å². The molecule has 0 bridgehead atoms. The van der Waals surface area contributed by atoms with Crippen LogP contribution in [-0.4, -0.2) is 28.4 Å². The molecular formula is C20H18ClF4N5O. The number of pyridine rings is 1. The normalized spacial score (nSPS) is 17.0. The smallest absolute Gasteiger partial charge is 0.342 e. The minimum atomic E-state index is -4.65. The van der Waals surface area contributed by atoms with E-state index in [1.165, 1.54) is 17.0 Å². The van der Waals surface area contributed by atoms with Crippen LogP contribution in [0.3, 0.4) is 0 Å². The first kappa shape index (κ1) is 22.7. The van der Waals surface area contributed by atoms with E-state index in [0.29, 0.717) is 17.1 Å². The largest absolute Gasteiger partial charge is 0.416 e. The van der Waals surface area contributed by atoms with Gasteiger partial charge in [0.05, 0.1) is 17.8 Å². The van der Waals surface area contributed by atoms with Crippen molar-refractivity contribution in [2.75, 3.05) is 11.9 Å². The van der Waals surface area contributed by atoms with Crippen molar-refractivity contribution in [2.45, 2.75) is 32.5 Å². The summed E-state index contributed by atoms with van der Waals surface area (Å²) in [6, 6.07) is 3.47. The van der Waals surface area contributed by atoms with Gasteiger partial charge in [0.15, 0.2) is 0 Å². The van der Waals surface area contributed by atoms with Crippen LogP contribution < -0.4 is 5.32 Å². The average Bonchev–Trinajstić information content (AvgIpc) is 2.69. The summed E-state index contributed by atoms with van der Waals surface area (Å²) in [6.45, 7) is 3.36. The third-order valence-electron chi connectivity index (χ3n) is 4.95. The van der Waals surface area contributed by atoms with Gasteiger partial charge in [-0.2, -0.15) is 18.3 Å². The van der Waals surface area contributed by atoms with Gasteiger partial charge in [-0.05, 0) is 43.7 Å². The van der Waals surface area contributed by atoms with E-state index in [1.54, 1.807) is 13.8 Å². The minimum absolute atomic E-state index is 0.162. The van der Waals surface area contributed by atoms with Gasteiger partial charge < -0.3 is 10.2 Å². The summed E-state index contributed by atoms with van der Waals surface area (Å²) in [4.78, 5) is 18.2. The number of anilines is 1. The zero-order chi connectivity index (χ0) is 22.9. The number of carbonyl (C=O) groups excluding carboxylic acids is 1. The van der Waals surface area contributed by atoms with Gasteiger partial charge >= 0.3 is 6.18 Å². The minimum Gasteiger partial charge on any atom is -0.342 e. The highest BCUT2D eigenvalue weighted by Crippen LogP contribution is 2.33. The predicted molar refractivity (Wildman–Crippen MR) is 106 cm³/mol. The summed E-state index contributed by atoms with van der Waals surface area (Å²) < 4.78 is 52.7. The molecule has 0 spiro atoms. The second kappa shape index (κ2) is 8.62. The van der Waals surface area contributed by atoms with E-state index in [9.17, 15) is 22.4 Å². The number of rotatable bonds is 4. The zero-order valence-electron chi connectivity index (χ0n) is 16.5. The molecule has 164 valence electrons. The number of hydrogen-bond acceptors (Lipinski definition) is 5. The molecule has 1 atom stereocenters. The maximum absolute atomic E-state index is 13.4. The van der Waals surface area contributed by atoms with Crippen LogP contribution in [0.1, 0.15) is 34.8 Å². The summed E-state index contributed by atoms with van der Waals surface area (Å²) in [5, 5.41) is 6.31. The number of nitrogens with one attached hydrogen (secondary N) is 2. The summed E-state index contributed by atoms with van der Waals surface area (Å²) in [6.07, 6.45) is -3.33. The van der Waals surface area contributed by atoms with Gasteiger partial charge in [0, 0.05) is 29.2 Å². The Kier molecular flexibility index (Phi) is 6.30.